The van der Waals surface area contributed by atoms with Gasteiger partial charge in [0.15, 0.2) is 6.10 Å². The van der Waals surface area contributed by atoms with Gasteiger partial charge in [0.2, 0.25) is 10.0 Å². The van der Waals surface area contributed by atoms with Crippen molar-refractivity contribution in [2.75, 3.05) is 26.2 Å². The van der Waals surface area contributed by atoms with Crippen molar-refractivity contribution in [1.82, 2.24) is 9.21 Å². The Hall–Kier alpha value is -1.97. The first kappa shape index (κ1) is 21.7. The van der Waals surface area contributed by atoms with Crippen LogP contribution >= 0.6 is 0 Å². The highest BCUT2D eigenvalue weighted by molar-refractivity contribution is 7.89. The second-order valence-electron chi connectivity index (χ2n) is 7.68. The van der Waals surface area contributed by atoms with E-state index in [-0.39, 0.29) is 41.7 Å². The Morgan fingerprint density at radius 2 is 1.62 bits per heavy atom. The van der Waals surface area contributed by atoms with E-state index in [4.69, 9.17) is 9.47 Å². The van der Waals surface area contributed by atoms with Gasteiger partial charge in [0.1, 0.15) is 0 Å². The molecule has 0 bridgehead atoms. The average molecular weight is 425 g/mol. The van der Waals surface area contributed by atoms with Crippen LogP contribution in [0.2, 0.25) is 0 Å². The lowest BCUT2D eigenvalue weighted by Gasteiger charge is -2.34. The topological polar surface area (TPSA) is 93.2 Å². The molecule has 2 saturated heterocycles. The van der Waals surface area contributed by atoms with Crippen LogP contribution in [0.5, 0.6) is 0 Å². The fourth-order valence-corrected chi connectivity index (χ4v) is 5.30. The fraction of sp³-hybridized carbons (Fsp3) is 0.600. The van der Waals surface area contributed by atoms with Crippen LogP contribution in [0.4, 0.5) is 0 Å². The van der Waals surface area contributed by atoms with Gasteiger partial charge in [-0.3, -0.25) is 4.79 Å². The molecule has 0 aromatic heterocycles. The van der Waals surface area contributed by atoms with Gasteiger partial charge in [0, 0.05) is 26.2 Å². The normalized spacial score (nSPS) is 24.3. The lowest BCUT2D eigenvalue weighted by molar-refractivity contribution is -0.138. The average Bonchev–Trinajstić information content (AvgIpc) is 3.21. The van der Waals surface area contributed by atoms with Crippen molar-refractivity contribution in [3.63, 3.8) is 0 Å². The van der Waals surface area contributed by atoms with E-state index in [1.54, 1.807) is 11.8 Å². The number of carbonyl (C=O) groups is 2. The quantitative estimate of drug-likeness (QED) is 0.668. The summed E-state index contributed by atoms with van der Waals surface area (Å²) >= 11 is 0. The van der Waals surface area contributed by atoms with E-state index in [9.17, 15) is 18.0 Å². The minimum absolute atomic E-state index is 0.108. The third-order valence-corrected chi connectivity index (χ3v) is 7.01. The van der Waals surface area contributed by atoms with Crippen molar-refractivity contribution in [2.24, 2.45) is 0 Å². The maximum Gasteiger partial charge on any atom is 0.338 e. The number of ether oxygens (including phenoxy) is 2. The Bertz CT molecular complexity index is 838. The van der Waals surface area contributed by atoms with Crippen LogP contribution in [-0.2, 0) is 24.3 Å². The Balaban J connectivity index is 1.66. The highest BCUT2D eigenvalue weighted by Crippen LogP contribution is 2.22. The number of amides is 1. The minimum Gasteiger partial charge on any atom is -0.449 e. The number of nitrogens with zero attached hydrogens (tertiary/aromatic N) is 2. The molecule has 0 saturated carbocycles. The zero-order chi connectivity index (χ0) is 21.2. The van der Waals surface area contributed by atoms with E-state index in [0.29, 0.717) is 13.1 Å². The predicted octanol–water partition coefficient (Wildman–Crippen LogP) is 1.65. The smallest absolute Gasteiger partial charge is 0.338 e. The van der Waals surface area contributed by atoms with E-state index in [1.807, 2.05) is 13.8 Å². The van der Waals surface area contributed by atoms with Crippen molar-refractivity contribution in [2.45, 2.75) is 56.8 Å². The molecule has 3 rings (SSSR count). The summed E-state index contributed by atoms with van der Waals surface area (Å²) in [6, 6.07) is 5.61. The molecule has 2 heterocycles. The Labute approximate surface area is 171 Å². The Morgan fingerprint density at radius 3 is 2.17 bits per heavy atom. The Kier molecular flexibility index (Phi) is 6.60. The molecule has 0 radical (unpaired) electrons. The molecule has 0 N–H and O–H groups in total. The Morgan fingerprint density at radius 1 is 1.07 bits per heavy atom. The molecule has 0 spiro atoms. The number of benzene rings is 1. The molecule has 1 aromatic carbocycles. The fourth-order valence-electron chi connectivity index (χ4n) is 3.71. The maximum absolute atomic E-state index is 12.9. The van der Waals surface area contributed by atoms with E-state index >= 15 is 0 Å². The number of hydrogen-bond donors (Lipinski definition) is 0. The first-order valence-corrected chi connectivity index (χ1v) is 11.4. The molecule has 1 aromatic rings. The van der Waals surface area contributed by atoms with Gasteiger partial charge in [0.25, 0.3) is 5.91 Å². The van der Waals surface area contributed by atoms with Gasteiger partial charge < -0.3 is 14.4 Å². The van der Waals surface area contributed by atoms with Gasteiger partial charge in [-0.2, -0.15) is 4.31 Å². The van der Waals surface area contributed by atoms with Gasteiger partial charge in [-0.25, -0.2) is 13.2 Å². The highest BCUT2D eigenvalue weighted by atomic mass is 32.2. The van der Waals surface area contributed by atoms with Gasteiger partial charge in [-0.15, -0.1) is 0 Å². The molecule has 1 amide bonds. The van der Waals surface area contributed by atoms with Crippen LogP contribution in [0, 0.1) is 0 Å². The number of likely N-dealkylation sites (tertiary alicyclic amines) is 1. The molecule has 2 fully saturated rings. The van der Waals surface area contributed by atoms with Crippen molar-refractivity contribution < 1.29 is 27.5 Å². The third kappa shape index (κ3) is 4.96. The van der Waals surface area contributed by atoms with Crippen LogP contribution < -0.4 is 0 Å². The molecule has 3 unspecified atom stereocenters. The molecule has 2 aliphatic heterocycles. The summed E-state index contributed by atoms with van der Waals surface area (Å²) < 4.78 is 38.0. The van der Waals surface area contributed by atoms with Crippen molar-refractivity contribution in [3.8, 4) is 0 Å². The number of hydrogen-bond acceptors (Lipinski definition) is 6. The molecule has 29 heavy (non-hydrogen) atoms. The van der Waals surface area contributed by atoms with Crippen LogP contribution in [0.25, 0.3) is 0 Å². The van der Waals surface area contributed by atoms with Crippen LogP contribution in [0.15, 0.2) is 29.2 Å². The number of morpholine rings is 1. The maximum atomic E-state index is 12.9. The van der Waals surface area contributed by atoms with Crippen molar-refractivity contribution in [3.05, 3.63) is 29.8 Å². The number of esters is 1. The van der Waals surface area contributed by atoms with E-state index < -0.39 is 22.1 Å². The molecule has 0 aliphatic carbocycles. The number of carbonyl (C=O) groups excluding carboxylic acids is 2. The summed E-state index contributed by atoms with van der Waals surface area (Å²) in [5.74, 6) is -0.854. The summed E-state index contributed by atoms with van der Waals surface area (Å²) in [5, 5.41) is 0. The summed E-state index contributed by atoms with van der Waals surface area (Å²) in [6.45, 7) is 7.17. The SMILES string of the molecule is CC1CN(S(=O)(=O)c2ccc(C(=O)OC(C)C(=O)N3CCCC3)cc2)CC(C)O1. The van der Waals surface area contributed by atoms with Gasteiger partial charge in [-0.1, -0.05) is 0 Å². The van der Waals surface area contributed by atoms with Gasteiger partial charge >= 0.3 is 5.97 Å². The summed E-state index contributed by atoms with van der Waals surface area (Å²) in [6.07, 6.45) is 0.682. The van der Waals surface area contributed by atoms with E-state index in [0.717, 1.165) is 12.8 Å². The third-order valence-electron chi connectivity index (χ3n) is 5.16. The van der Waals surface area contributed by atoms with Crippen LogP contribution in [0.1, 0.15) is 44.0 Å². The summed E-state index contributed by atoms with van der Waals surface area (Å²) in [5.41, 5.74) is 0.203. The summed E-state index contributed by atoms with van der Waals surface area (Å²) in [7, 11) is -3.68. The number of sulfonamides is 1. The van der Waals surface area contributed by atoms with Crippen molar-refractivity contribution >= 4 is 21.9 Å². The molecule has 160 valence electrons. The second-order valence-corrected chi connectivity index (χ2v) is 9.62. The van der Waals surface area contributed by atoms with E-state index in [1.165, 1.54) is 28.6 Å². The zero-order valence-corrected chi connectivity index (χ0v) is 17.9. The molecule has 3 atom stereocenters. The zero-order valence-electron chi connectivity index (χ0n) is 17.0. The lowest BCUT2D eigenvalue weighted by atomic mass is 10.2. The van der Waals surface area contributed by atoms with Gasteiger partial charge in [0.05, 0.1) is 22.7 Å². The predicted molar refractivity (Wildman–Crippen MR) is 106 cm³/mol. The first-order valence-electron chi connectivity index (χ1n) is 9.94. The molecule has 8 nitrogen and oxygen atoms in total. The lowest BCUT2D eigenvalue weighted by Crippen LogP contribution is -2.48. The second kappa shape index (κ2) is 8.81. The standard InChI is InChI=1S/C20H28N2O6S/c1-14-12-22(13-15(2)27-14)29(25,26)18-8-6-17(7-9-18)20(24)28-16(3)19(23)21-10-4-5-11-21/h6-9,14-16H,4-5,10-13H2,1-3H3. The minimum atomic E-state index is -3.68. The monoisotopic (exact) mass is 424 g/mol. The molecule has 2 aliphatic rings. The summed E-state index contributed by atoms with van der Waals surface area (Å²) in [4.78, 5) is 26.4. The molecule has 9 heteroatoms. The first-order chi connectivity index (χ1) is 13.7. The van der Waals surface area contributed by atoms with Crippen LogP contribution in [-0.4, -0.2) is 74.0 Å². The van der Waals surface area contributed by atoms with Crippen LogP contribution in [0.3, 0.4) is 0 Å². The van der Waals surface area contributed by atoms with E-state index in [2.05, 4.69) is 0 Å². The van der Waals surface area contributed by atoms with Gasteiger partial charge in [-0.05, 0) is 57.9 Å². The molecular formula is C20H28N2O6S. The highest BCUT2D eigenvalue weighted by Gasteiger charge is 2.32. The number of rotatable bonds is 5. The molecular weight excluding hydrogens is 396 g/mol. The largest absolute Gasteiger partial charge is 0.449 e. The van der Waals surface area contributed by atoms with Crippen molar-refractivity contribution in [1.29, 1.82) is 0 Å².